The fourth-order valence-corrected chi connectivity index (χ4v) is 8.52. The van der Waals surface area contributed by atoms with Gasteiger partial charge in [-0.1, -0.05) is 60.7 Å². The van der Waals surface area contributed by atoms with Crippen molar-refractivity contribution in [1.82, 2.24) is 0 Å². The molecule has 1 aliphatic heterocycles. The van der Waals surface area contributed by atoms with Gasteiger partial charge in [-0.25, -0.2) is 0 Å². The largest absolute Gasteiger partial charge is 0.140 e. The van der Waals surface area contributed by atoms with Crippen LogP contribution >= 0.6 is 46.2 Å². The Labute approximate surface area is 188 Å². The van der Waals surface area contributed by atoms with Gasteiger partial charge in [-0.05, 0) is 37.1 Å². The van der Waals surface area contributed by atoms with E-state index in [1.807, 2.05) is 46.2 Å². The van der Waals surface area contributed by atoms with Crippen molar-refractivity contribution in [3.63, 3.8) is 0 Å². The van der Waals surface area contributed by atoms with Crippen molar-refractivity contribution in [3.8, 4) is 20.9 Å². The minimum Gasteiger partial charge on any atom is -0.140 e. The molecule has 5 rings (SSSR count). The molecule has 0 atom stereocenters. The summed E-state index contributed by atoms with van der Waals surface area (Å²) >= 11 is 7.78. The second-order valence-electron chi connectivity index (χ2n) is 6.96. The fourth-order valence-electron chi connectivity index (χ4n) is 3.58. The van der Waals surface area contributed by atoms with Crippen LogP contribution in [0.15, 0.2) is 72.8 Å². The summed E-state index contributed by atoms with van der Waals surface area (Å²) in [4.78, 5) is 8.42. The maximum Gasteiger partial charge on any atom is 0.0488 e. The third-order valence-electron chi connectivity index (χ3n) is 5.05. The molecule has 4 aromatic rings. The molecular formula is C25H20S4. The Bertz CT molecular complexity index is 1090. The molecule has 0 nitrogen and oxygen atoms in total. The van der Waals surface area contributed by atoms with Gasteiger partial charge in [-0.3, -0.25) is 0 Å². The Morgan fingerprint density at radius 3 is 1.41 bits per heavy atom. The summed E-state index contributed by atoms with van der Waals surface area (Å²) in [6.45, 7) is 4.52. The van der Waals surface area contributed by atoms with Crippen LogP contribution in [0, 0.1) is 13.8 Å². The average Bonchev–Trinajstić information content (AvgIpc) is 3.47. The topological polar surface area (TPSA) is 0 Å². The van der Waals surface area contributed by atoms with Crippen LogP contribution in [0.2, 0.25) is 0 Å². The number of hydrogen-bond acceptors (Lipinski definition) is 4. The quantitative estimate of drug-likeness (QED) is 0.305. The second kappa shape index (κ2) is 8.19. The van der Waals surface area contributed by atoms with Gasteiger partial charge in [0.05, 0.1) is 0 Å². The molecule has 0 fully saturated rings. The number of benzene rings is 2. The molecule has 3 heterocycles. The molecule has 0 radical (unpaired) electrons. The van der Waals surface area contributed by atoms with E-state index in [1.54, 1.807) is 0 Å². The van der Waals surface area contributed by atoms with Crippen LogP contribution in [0.4, 0.5) is 0 Å². The summed E-state index contributed by atoms with van der Waals surface area (Å²) in [6.07, 6.45) is 0. The van der Waals surface area contributed by atoms with Crippen molar-refractivity contribution in [2.24, 2.45) is 0 Å². The van der Waals surface area contributed by atoms with Crippen LogP contribution in [0.1, 0.15) is 20.9 Å². The monoisotopic (exact) mass is 448 g/mol. The lowest BCUT2D eigenvalue weighted by Gasteiger charge is -2.05. The van der Waals surface area contributed by atoms with Crippen LogP contribution in [0.25, 0.3) is 30.7 Å². The first-order chi connectivity index (χ1) is 14.2. The number of thioether (sulfide) groups is 2. The maximum atomic E-state index is 2.39. The third kappa shape index (κ3) is 3.75. The molecule has 2 aromatic heterocycles. The zero-order valence-corrected chi connectivity index (χ0v) is 19.5. The first-order valence-electron chi connectivity index (χ1n) is 9.53. The van der Waals surface area contributed by atoms with Crippen molar-refractivity contribution in [3.05, 3.63) is 93.7 Å². The minimum atomic E-state index is 1.09. The molecule has 29 heavy (non-hydrogen) atoms. The number of rotatable bonds is 4. The normalized spacial score (nSPS) is 14.0. The average molecular weight is 449 g/mol. The van der Waals surface area contributed by atoms with E-state index in [0.29, 0.717) is 0 Å². The number of thiophene rings is 2. The highest BCUT2D eigenvalue weighted by Gasteiger charge is 2.24. The van der Waals surface area contributed by atoms with Gasteiger partial charge in [-0.2, -0.15) is 0 Å². The number of hydrogen-bond donors (Lipinski definition) is 0. The van der Waals surface area contributed by atoms with Crippen molar-refractivity contribution in [2.45, 2.75) is 13.8 Å². The summed E-state index contributed by atoms with van der Waals surface area (Å²) in [5.74, 6) is 0. The summed E-state index contributed by atoms with van der Waals surface area (Å²) in [5, 5.41) is 1.09. The molecule has 4 heteroatoms. The molecule has 1 aliphatic rings. The standard InChI is InChI=1S/C25H20S4/c1-16-20(13-22(28-16)18-9-5-3-6-10-18)24-25(27-15-26-24)21-14-23(29-17(21)2)19-11-7-4-8-12-19/h3-14H,15H2,1-2H3. The molecule has 0 saturated heterocycles. The van der Waals surface area contributed by atoms with E-state index >= 15 is 0 Å². The lowest BCUT2D eigenvalue weighted by molar-refractivity contribution is 1.57. The van der Waals surface area contributed by atoms with Crippen molar-refractivity contribution in [2.75, 3.05) is 5.08 Å². The van der Waals surface area contributed by atoms with Gasteiger partial charge >= 0.3 is 0 Å². The van der Waals surface area contributed by atoms with E-state index in [2.05, 4.69) is 86.6 Å². The predicted octanol–water partition coefficient (Wildman–Crippen LogP) is 9.02. The maximum absolute atomic E-state index is 2.39. The summed E-state index contributed by atoms with van der Waals surface area (Å²) in [5.41, 5.74) is 5.43. The molecule has 0 bridgehead atoms. The van der Waals surface area contributed by atoms with E-state index in [4.69, 9.17) is 0 Å². The van der Waals surface area contributed by atoms with Crippen LogP contribution in [-0.4, -0.2) is 5.08 Å². The third-order valence-corrected chi connectivity index (χ3v) is 9.75. The highest BCUT2D eigenvalue weighted by molar-refractivity contribution is 8.28. The lowest BCUT2D eigenvalue weighted by atomic mass is 10.1. The van der Waals surface area contributed by atoms with Gasteiger partial charge in [0, 0.05) is 45.5 Å². The molecule has 0 unspecified atom stereocenters. The Morgan fingerprint density at radius 2 is 1.00 bits per heavy atom. The highest BCUT2D eigenvalue weighted by atomic mass is 32.2. The molecule has 144 valence electrons. The van der Waals surface area contributed by atoms with E-state index < -0.39 is 0 Å². The zero-order chi connectivity index (χ0) is 19.8. The Hall–Kier alpha value is -1.72. The summed E-state index contributed by atoms with van der Waals surface area (Å²) in [6, 6.07) is 26.2. The van der Waals surface area contributed by atoms with Gasteiger partial charge < -0.3 is 0 Å². The first-order valence-corrected chi connectivity index (χ1v) is 13.1. The molecule has 0 aliphatic carbocycles. The fraction of sp³-hybridized carbons (Fsp3) is 0.120. The summed E-state index contributed by atoms with van der Waals surface area (Å²) < 4.78 is 0. The van der Waals surface area contributed by atoms with Crippen molar-refractivity contribution < 1.29 is 0 Å². The second-order valence-corrected chi connectivity index (χ2v) is 11.8. The van der Waals surface area contributed by atoms with Gasteiger partial charge in [0.25, 0.3) is 0 Å². The zero-order valence-electron chi connectivity index (χ0n) is 16.3. The lowest BCUT2D eigenvalue weighted by Crippen LogP contribution is -1.83. The molecule has 0 spiro atoms. The molecule has 0 amide bonds. The molecule has 2 aromatic carbocycles. The van der Waals surface area contributed by atoms with Crippen LogP contribution < -0.4 is 0 Å². The Morgan fingerprint density at radius 1 is 0.586 bits per heavy atom. The first kappa shape index (κ1) is 19.3. The van der Waals surface area contributed by atoms with E-state index in [9.17, 15) is 0 Å². The van der Waals surface area contributed by atoms with Crippen molar-refractivity contribution >= 4 is 56.0 Å². The van der Waals surface area contributed by atoms with E-state index in [1.165, 1.54) is 51.6 Å². The molecule has 0 saturated carbocycles. The summed E-state index contributed by atoms with van der Waals surface area (Å²) in [7, 11) is 0. The van der Waals surface area contributed by atoms with Gasteiger partial charge in [0.15, 0.2) is 0 Å². The Kier molecular flexibility index (Phi) is 5.44. The smallest absolute Gasteiger partial charge is 0.0488 e. The molecule has 0 N–H and O–H groups in total. The van der Waals surface area contributed by atoms with E-state index in [0.717, 1.165) is 5.08 Å². The molecular weight excluding hydrogens is 429 g/mol. The van der Waals surface area contributed by atoms with Gasteiger partial charge in [-0.15, -0.1) is 46.2 Å². The highest BCUT2D eigenvalue weighted by Crippen LogP contribution is 2.54. The van der Waals surface area contributed by atoms with Crippen LogP contribution in [-0.2, 0) is 0 Å². The van der Waals surface area contributed by atoms with Crippen LogP contribution in [0.3, 0.4) is 0 Å². The van der Waals surface area contributed by atoms with Crippen molar-refractivity contribution in [1.29, 1.82) is 0 Å². The SMILES string of the molecule is Cc1sc(-c2ccccc2)cc1C1=C(c2cc(-c3ccccc3)sc2C)SCS1. The van der Waals surface area contributed by atoms with Gasteiger partial charge in [0.2, 0.25) is 0 Å². The predicted molar refractivity (Wildman–Crippen MR) is 136 cm³/mol. The number of aryl methyl sites for hydroxylation is 2. The van der Waals surface area contributed by atoms with Gasteiger partial charge in [0.1, 0.15) is 0 Å². The minimum absolute atomic E-state index is 1.09. The van der Waals surface area contributed by atoms with Crippen LogP contribution in [0.5, 0.6) is 0 Å². The Balaban J connectivity index is 1.58. The van der Waals surface area contributed by atoms with E-state index in [-0.39, 0.29) is 0 Å².